The third-order valence-corrected chi connectivity index (χ3v) is 3.97. The van der Waals surface area contributed by atoms with E-state index in [-0.39, 0.29) is 0 Å². The Bertz CT molecular complexity index is 771. The summed E-state index contributed by atoms with van der Waals surface area (Å²) in [5, 5.41) is 5.97. The van der Waals surface area contributed by atoms with Crippen LogP contribution in [0.25, 0.3) is 0 Å². The van der Waals surface area contributed by atoms with E-state index in [1.54, 1.807) is 0 Å². The van der Waals surface area contributed by atoms with Gasteiger partial charge in [-0.1, -0.05) is 47.5 Å². The second-order valence-electron chi connectivity index (χ2n) is 5.09. The van der Waals surface area contributed by atoms with Gasteiger partial charge in [-0.15, -0.1) is 0 Å². The Morgan fingerprint density at radius 2 is 1.39 bits per heavy atom. The molecule has 0 aliphatic carbocycles. The highest BCUT2D eigenvalue weighted by molar-refractivity contribution is 6.31. The van der Waals surface area contributed by atoms with Crippen molar-refractivity contribution >= 4 is 34.7 Å². The minimum atomic E-state index is 0.694. The molecule has 1 N–H and O–H groups in total. The first-order chi connectivity index (χ1) is 11.1. The zero-order valence-corrected chi connectivity index (χ0v) is 14.0. The smallest absolute Gasteiger partial charge is 0.126 e. The van der Waals surface area contributed by atoms with E-state index < -0.39 is 0 Å². The van der Waals surface area contributed by atoms with Crippen molar-refractivity contribution in [3.8, 4) is 0 Å². The number of benzene rings is 2. The minimum absolute atomic E-state index is 0.694. The van der Waals surface area contributed by atoms with E-state index in [1.807, 2.05) is 78.5 Å². The number of aromatic nitrogens is 1. The van der Waals surface area contributed by atoms with Gasteiger partial charge in [0, 0.05) is 34.4 Å². The van der Waals surface area contributed by atoms with Crippen LogP contribution in [0.1, 0.15) is 11.1 Å². The molecular weight excluding hydrogens is 329 g/mol. The topological polar surface area (TPSA) is 29.3 Å². The Labute approximate surface area is 145 Å². The number of aryl methyl sites for hydroxylation is 1. The lowest BCUT2D eigenvalue weighted by atomic mass is 10.0. The highest BCUT2D eigenvalue weighted by atomic mass is 35.5. The molecule has 116 valence electrons. The quantitative estimate of drug-likeness (QED) is 0.512. The fourth-order valence-corrected chi connectivity index (χ4v) is 2.45. The van der Waals surface area contributed by atoms with Crippen molar-refractivity contribution in [2.75, 3.05) is 5.43 Å². The summed E-state index contributed by atoms with van der Waals surface area (Å²) in [5.74, 6) is 0.908. The van der Waals surface area contributed by atoms with Gasteiger partial charge in [0.2, 0.25) is 0 Å². The van der Waals surface area contributed by atoms with E-state index in [2.05, 4.69) is 10.5 Å². The molecule has 3 aromatic rings. The molecule has 1 heterocycles. The fraction of sp³-hybridized carbons (Fsp3) is 0.0556. The van der Waals surface area contributed by atoms with Crippen molar-refractivity contribution < 1.29 is 0 Å². The number of rotatable bonds is 4. The van der Waals surface area contributed by atoms with Gasteiger partial charge in [-0.25, -0.2) is 0 Å². The van der Waals surface area contributed by atoms with Gasteiger partial charge >= 0.3 is 0 Å². The minimum Gasteiger partial charge on any atom is -0.337 e. The van der Waals surface area contributed by atoms with Gasteiger partial charge in [-0.3, -0.25) is 5.43 Å². The molecule has 0 aliphatic heterocycles. The Hall–Kier alpha value is -2.23. The molecule has 0 fully saturated rings. The van der Waals surface area contributed by atoms with Gasteiger partial charge in [0.25, 0.3) is 0 Å². The third-order valence-electron chi connectivity index (χ3n) is 3.46. The van der Waals surface area contributed by atoms with Crippen LogP contribution in [0.2, 0.25) is 10.0 Å². The average Bonchev–Trinajstić information content (AvgIpc) is 2.96. The monoisotopic (exact) mass is 343 g/mol. The largest absolute Gasteiger partial charge is 0.337 e. The van der Waals surface area contributed by atoms with Gasteiger partial charge in [-0.05, 0) is 36.4 Å². The molecule has 0 saturated carbocycles. The molecule has 0 aliphatic rings. The molecule has 2 aromatic carbocycles. The van der Waals surface area contributed by atoms with Crippen molar-refractivity contribution in [3.05, 3.63) is 88.0 Å². The molecule has 0 radical (unpaired) electrons. The maximum atomic E-state index is 5.99. The highest BCUT2D eigenvalue weighted by Gasteiger charge is 2.08. The molecule has 0 saturated heterocycles. The summed E-state index contributed by atoms with van der Waals surface area (Å²) in [5.41, 5.74) is 5.86. The van der Waals surface area contributed by atoms with Crippen LogP contribution in [-0.2, 0) is 7.05 Å². The maximum absolute atomic E-state index is 5.99. The summed E-state index contributed by atoms with van der Waals surface area (Å²) in [7, 11) is 1.96. The first-order valence-electron chi connectivity index (χ1n) is 7.10. The molecule has 23 heavy (non-hydrogen) atoms. The van der Waals surface area contributed by atoms with Gasteiger partial charge < -0.3 is 4.57 Å². The molecular formula is C18H15Cl2N3. The van der Waals surface area contributed by atoms with Crippen molar-refractivity contribution in [2.45, 2.75) is 0 Å². The fourth-order valence-electron chi connectivity index (χ4n) is 2.20. The normalized spacial score (nSPS) is 10.4. The number of nitrogens with one attached hydrogen (secondary N) is 1. The van der Waals surface area contributed by atoms with E-state index in [1.165, 1.54) is 0 Å². The van der Waals surface area contributed by atoms with Crippen LogP contribution in [0.3, 0.4) is 0 Å². The van der Waals surface area contributed by atoms with Gasteiger partial charge in [-0.2, -0.15) is 5.10 Å². The highest BCUT2D eigenvalue weighted by Crippen LogP contribution is 2.18. The van der Waals surface area contributed by atoms with E-state index in [0.717, 1.165) is 22.7 Å². The first kappa shape index (κ1) is 15.7. The molecule has 0 bridgehead atoms. The van der Waals surface area contributed by atoms with Crippen molar-refractivity contribution in [3.63, 3.8) is 0 Å². The van der Waals surface area contributed by atoms with Crippen LogP contribution < -0.4 is 5.43 Å². The van der Waals surface area contributed by atoms with Crippen LogP contribution in [0.5, 0.6) is 0 Å². The first-order valence-corrected chi connectivity index (χ1v) is 7.86. The Balaban J connectivity index is 2.00. The summed E-state index contributed by atoms with van der Waals surface area (Å²) in [6.45, 7) is 0. The SMILES string of the molecule is Cn1cccc1NN=C(c1ccc(Cl)cc1)c1ccc(Cl)cc1. The lowest BCUT2D eigenvalue weighted by Gasteiger charge is -2.09. The van der Waals surface area contributed by atoms with Crippen LogP contribution in [0.15, 0.2) is 72.0 Å². The average molecular weight is 344 g/mol. The van der Waals surface area contributed by atoms with Gasteiger partial charge in [0.05, 0.1) is 5.71 Å². The predicted molar refractivity (Wildman–Crippen MR) is 97.6 cm³/mol. The van der Waals surface area contributed by atoms with Crippen molar-refractivity contribution in [2.24, 2.45) is 12.1 Å². The summed E-state index contributed by atoms with van der Waals surface area (Å²) in [6, 6.07) is 19.1. The molecule has 0 atom stereocenters. The Morgan fingerprint density at radius 1 is 0.870 bits per heavy atom. The predicted octanol–water partition coefficient (Wildman–Crippen LogP) is 5.20. The summed E-state index contributed by atoms with van der Waals surface area (Å²) < 4.78 is 1.96. The summed E-state index contributed by atoms with van der Waals surface area (Å²) in [4.78, 5) is 0. The van der Waals surface area contributed by atoms with Crippen LogP contribution in [-0.4, -0.2) is 10.3 Å². The summed E-state index contributed by atoms with van der Waals surface area (Å²) in [6.07, 6.45) is 1.96. The van der Waals surface area contributed by atoms with Crippen LogP contribution in [0.4, 0.5) is 5.82 Å². The molecule has 0 amide bonds. The number of hydrogen-bond donors (Lipinski definition) is 1. The van der Waals surface area contributed by atoms with Crippen LogP contribution in [0, 0.1) is 0 Å². The van der Waals surface area contributed by atoms with E-state index in [9.17, 15) is 0 Å². The van der Waals surface area contributed by atoms with Crippen molar-refractivity contribution in [1.29, 1.82) is 0 Å². The maximum Gasteiger partial charge on any atom is 0.126 e. The molecule has 0 unspecified atom stereocenters. The number of anilines is 1. The molecule has 0 spiro atoms. The van der Waals surface area contributed by atoms with E-state index >= 15 is 0 Å². The lowest BCUT2D eigenvalue weighted by Crippen LogP contribution is -2.07. The van der Waals surface area contributed by atoms with Crippen molar-refractivity contribution in [1.82, 2.24) is 4.57 Å². The summed E-state index contributed by atoms with van der Waals surface area (Å²) >= 11 is 12.0. The van der Waals surface area contributed by atoms with Gasteiger partial charge in [0.15, 0.2) is 0 Å². The standard InChI is InChI=1S/C18H15Cl2N3/c1-23-12-2-3-17(23)21-22-18(13-4-8-15(19)9-5-13)14-6-10-16(20)11-7-14/h2-12,21H,1H3. The number of nitrogens with zero attached hydrogens (tertiary/aromatic N) is 2. The second kappa shape index (κ2) is 6.90. The van der Waals surface area contributed by atoms with Crippen LogP contribution >= 0.6 is 23.2 Å². The molecule has 3 rings (SSSR count). The Kier molecular flexibility index (Phi) is 4.70. The number of hydrogen-bond acceptors (Lipinski definition) is 2. The van der Waals surface area contributed by atoms with Gasteiger partial charge in [0.1, 0.15) is 5.82 Å². The second-order valence-corrected chi connectivity index (χ2v) is 5.96. The Morgan fingerprint density at radius 3 is 1.83 bits per heavy atom. The van der Waals surface area contributed by atoms with E-state index in [0.29, 0.717) is 10.0 Å². The van der Waals surface area contributed by atoms with E-state index in [4.69, 9.17) is 23.2 Å². The molecule has 3 nitrogen and oxygen atoms in total. The zero-order chi connectivity index (χ0) is 16.2. The zero-order valence-electron chi connectivity index (χ0n) is 12.5. The lowest BCUT2D eigenvalue weighted by molar-refractivity contribution is 0.925. The molecule has 5 heteroatoms. The third kappa shape index (κ3) is 3.76. The number of hydrazone groups is 1. The molecule has 1 aromatic heterocycles. The number of halogens is 2.